The molecule has 30 heavy (non-hydrogen) atoms. The highest BCUT2D eigenvalue weighted by molar-refractivity contribution is 7.15. The fourth-order valence-corrected chi connectivity index (χ4v) is 4.59. The number of carbonyl (C=O) groups excluding carboxylic acids is 1. The Balaban J connectivity index is 1.23. The number of rotatable bonds is 4. The van der Waals surface area contributed by atoms with Crippen LogP contribution in [0.3, 0.4) is 0 Å². The lowest BCUT2D eigenvalue weighted by Crippen LogP contribution is -2.49. The summed E-state index contributed by atoms with van der Waals surface area (Å²) in [5.74, 6) is -0.0714. The topological polar surface area (TPSA) is 95.7 Å². The van der Waals surface area contributed by atoms with Gasteiger partial charge in [-0.1, -0.05) is 12.1 Å². The van der Waals surface area contributed by atoms with Gasteiger partial charge in [-0.15, -0.1) is 11.3 Å². The molecule has 5 rings (SSSR count). The molecule has 0 bridgehead atoms. The summed E-state index contributed by atoms with van der Waals surface area (Å²) in [4.78, 5) is 49.1. The Hall–Kier alpha value is -3.24. The minimum atomic E-state index is -0.274. The van der Waals surface area contributed by atoms with Crippen molar-refractivity contribution in [3.63, 3.8) is 0 Å². The Kier molecular flexibility index (Phi) is 4.72. The number of hydrogen-bond acceptors (Lipinski definition) is 6. The van der Waals surface area contributed by atoms with Crippen LogP contribution in [-0.4, -0.2) is 60.8 Å². The van der Waals surface area contributed by atoms with Gasteiger partial charge in [0, 0.05) is 50.4 Å². The monoisotopic (exact) mass is 424 g/mol. The van der Waals surface area contributed by atoms with Crippen LogP contribution in [0, 0.1) is 0 Å². The average molecular weight is 424 g/mol. The van der Waals surface area contributed by atoms with E-state index in [-0.39, 0.29) is 23.7 Å². The van der Waals surface area contributed by atoms with E-state index in [0.29, 0.717) is 37.7 Å². The number of piperazine rings is 1. The molecule has 1 fully saturated rings. The van der Waals surface area contributed by atoms with Crippen molar-refractivity contribution in [2.75, 3.05) is 26.2 Å². The van der Waals surface area contributed by atoms with E-state index >= 15 is 0 Å². The highest BCUT2D eigenvalue weighted by Gasteiger charge is 2.23. The zero-order valence-corrected chi connectivity index (χ0v) is 17.0. The molecule has 1 aliphatic heterocycles. The quantitative estimate of drug-likeness (QED) is 0.522. The summed E-state index contributed by atoms with van der Waals surface area (Å²) in [5.41, 5.74) is 1.85. The van der Waals surface area contributed by atoms with Gasteiger partial charge >= 0.3 is 5.69 Å². The van der Waals surface area contributed by atoms with Crippen molar-refractivity contribution in [1.82, 2.24) is 28.7 Å². The molecule has 154 valence electrons. The van der Waals surface area contributed by atoms with Gasteiger partial charge in [-0.2, -0.15) is 0 Å². The number of aromatic amines is 1. The van der Waals surface area contributed by atoms with Gasteiger partial charge in [0.2, 0.25) is 5.91 Å². The third-order valence-corrected chi connectivity index (χ3v) is 6.20. The second-order valence-electron chi connectivity index (χ2n) is 7.33. The molecule has 1 saturated heterocycles. The SMILES string of the molecule is O=C(Cn1c(=O)[nH]c2ccccc21)N1CCN(Cc2cc(=O)n3ccsc3n2)CC1. The molecule has 0 saturated carbocycles. The molecule has 3 aromatic heterocycles. The average Bonchev–Trinajstić information content (AvgIpc) is 3.33. The first-order chi connectivity index (χ1) is 14.6. The molecule has 0 radical (unpaired) electrons. The lowest BCUT2D eigenvalue weighted by Gasteiger charge is -2.34. The molecule has 0 atom stereocenters. The van der Waals surface area contributed by atoms with E-state index in [1.54, 1.807) is 17.2 Å². The van der Waals surface area contributed by atoms with E-state index in [2.05, 4.69) is 14.9 Å². The highest BCUT2D eigenvalue weighted by atomic mass is 32.1. The number of nitrogens with one attached hydrogen (secondary N) is 1. The molecule has 4 aromatic rings. The second-order valence-corrected chi connectivity index (χ2v) is 8.20. The smallest absolute Gasteiger partial charge is 0.326 e. The van der Waals surface area contributed by atoms with Crippen molar-refractivity contribution in [2.24, 2.45) is 0 Å². The molecular weight excluding hydrogens is 404 g/mol. The van der Waals surface area contributed by atoms with E-state index in [1.165, 1.54) is 20.3 Å². The minimum Gasteiger partial charge on any atom is -0.339 e. The Morgan fingerprint density at radius 1 is 1.13 bits per heavy atom. The first-order valence-electron chi connectivity index (χ1n) is 9.72. The molecule has 9 nitrogen and oxygen atoms in total. The van der Waals surface area contributed by atoms with Crippen LogP contribution in [-0.2, 0) is 17.9 Å². The van der Waals surface area contributed by atoms with Crippen LogP contribution in [0.15, 0.2) is 51.5 Å². The molecule has 1 amide bonds. The molecule has 0 unspecified atom stereocenters. The van der Waals surface area contributed by atoms with E-state index < -0.39 is 0 Å². The number of carbonyl (C=O) groups is 1. The van der Waals surface area contributed by atoms with Gasteiger partial charge in [-0.3, -0.25) is 23.5 Å². The normalized spacial score (nSPS) is 15.3. The number of fused-ring (bicyclic) bond motifs is 2. The van der Waals surface area contributed by atoms with Gasteiger partial charge in [0.25, 0.3) is 5.56 Å². The zero-order valence-electron chi connectivity index (χ0n) is 16.2. The van der Waals surface area contributed by atoms with Gasteiger partial charge in [0.1, 0.15) is 6.54 Å². The maximum atomic E-state index is 12.8. The number of thiazole rings is 1. The number of para-hydroxylation sites is 2. The Labute approximate surface area is 174 Å². The van der Waals surface area contributed by atoms with Gasteiger partial charge in [0.15, 0.2) is 4.96 Å². The first-order valence-corrected chi connectivity index (χ1v) is 10.6. The summed E-state index contributed by atoms with van der Waals surface area (Å²) in [6, 6.07) is 8.93. The second kappa shape index (κ2) is 7.54. The molecule has 1 aromatic carbocycles. The number of hydrogen-bond donors (Lipinski definition) is 1. The van der Waals surface area contributed by atoms with E-state index in [1.807, 2.05) is 29.6 Å². The largest absolute Gasteiger partial charge is 0.339 e. The molecule has 1 N–H and O–H groups in total. The fourth-order valence-electron chi connectivity index (χ4n) is 3.85. The van der Waals surface area contributed by atoms with Crippen LogP contribution in [0.1, 0.15) is 5.69 Å². The summed E-state index contributed by atoms with van der Waals surface area (Å²) >= 11 is 1.44. The predicted molar refractivity (Wildman–Crippen MR) is 114 cm³/mol. The van der Waals surface area contributed by atoms with Gasteiger partial charge < -0.3 is 9.88 Å². The maximum absolute atomic E-state index is 12.8. The number of H-pyrrole nitrogens is 1. The van der Waals surface area contributed by atoms with Crippen molar-refractivity contribution in [3.8, 4) is 0 Å². The fraction of sp³-hybridized carbons (Fsp3) is 0.300. The Morgan fingerprint density at radius 3 is 2.77 bits per heavy atom. The lowest BCUT2D eigenvalue weighted by molar-refractivity contribution is -0.133. The van der Waals surface area contributed by atoms with Crippen LogP contribution in [0.25, 0.3) is 16.0 Å². The number of nitrogens with zero attached hydrogens (tertiary/aromatic N) is 5. The van der Waals surface area contributed by atoms with Gasteiger partial charge in [-0.05, 0) is 12.1 Å². The molecule has 4 heterocycles. The third-order valence-electron chi connectivity index (χ3n) is 5.44. The van der Waals surface area contributed by atoms with Crippen molar-refractivity contribution >= 4 is 33.2 Å². The molecular formula is C20H20N6O3S. The van der Waals surface area contributed by atoms with Gasteiger partial charge in [-0.25, -0.2) is 9.78 Å². The first kappa shape index (κ1) is 18.8. The summed E-state index contributed by atoms with van der Waals surface area (Å²) in [6.45, 7) is 3.15. The minimum absolute atomic E-state index is 0.0240. The Bertz CT molecular complexity index is 1340. The van der Waals surface area contributed by atoms with Gasteiger partial charge in [0.05, 0.1) is 16.7 Å². The zero-order chi connectivity index (χ0) is 20.7. The predicted octanol–water partition coefficient (Wildman–Crippen LogP) is 0.743. The molecule has 1 aliphatic rings. The number of amides is 1. The number of aromatic nitrogens is 4. The summed E-state index contributed by atoms with van der Waals surface area (Å²) < 4.78 is 3.02. The third kappa shape index (κ3) is 3.44. The van der Waals surface area contributed by atoms with Crippen molar-refractivity contribution in [1.29, 1.82) is 0 Å². The number of imidazole rings is 1. The standard InChI is InChI=1S/C20H20N6O3S/c27-17-11-14(21-20-25(17)9-10-30-20)12-23-5-7-24(8-6-23)18(28)13-26-16-4-2-1-3-15(16)22-19(26)29/h1-4,9-11H,5-8,12-13H2,(H,22,29). The summed E-state index contributed by atoms with van der Waals surface area (Å²) in [5, 5.41) is 1.84. The lowest BCUT2D eigenvalue weighted by atomic mass is 10.2. The summed E-state index contributed by atoms with van der Waals surface area (Å²) in [6.07, 6.45) is 1.72. The van der Waals surface area contributed by atoms with E-state index in [9.17, 15) is 14.4 Å². The Morgan fingerprint density at radius 2 is 1.93 bits per heavy atom. The highest BCUT2D eigenvalue weighted by Crippen LogP contribution is 2.12. The molecule has 0 spiro atoms. The van der Waals surface area contributed by atoms with Crippen molar-refractivity contribution < 1.29 is 4.79 Å². The van der Waals surface area contributed by atoms with Crippen LogP contribution >= 0.6 is 11.3 Å². The molecule has 10 heteroatoms. The summed E-state index contributed by atoms with van der Waals surface area (Å²) in [7, 11) is 0. The van der Waals surface area contributed by atoms with E-state index in [4.69, 9.17) is 0 Å². The molecule has 0 aliphatic carbocycles. The maximum Gasteiger partial charge on any atom is 0.326 e. The van der Waals surface area contributed by atoms with E-state index in [0.717, 1.165) is 16.7 Å². The van der Waals surface area contributed by atoms with Crippen molar-refractivity contribution in [3.05, 3.63) is 68.4 Å². The van der Waals surface area contributed by atoms with Crippen molar-refractivity contribution in [2.45, 2.75) is 13.1 Å². The number of benzene rings is 1. The van der Waals surface area contributed by atoms with Crippen LogP contribution in [0.5, 0.6) is 0 Å². The van der Waals surface area contributed by atoms with Crippen LogP contribution in [0.2, 0.25) is 0 Å². The van der Waals surface area contributed by atoms with Crippen LogP contribution in [0.4, 0.5) is 0 Å². The van der Waals surface area contributed by atoms with Crippen LogP contribution < -0.4 is 11.2 Å².